The van der Waals surface area contributed by atoms with E-state index in [9.17, 15) is 13.2 Å². The number of nitrogens with zero attached hydrogens (tertiary/aromatic N) is 1. The highest BCUT2D eigenvalue weighted by Crippen LogP contribution is 2.35. The summed E-state index contributed by atoms with van der Waals surface area (Å²) in [5.74, 6) is -0.427. The molecule has 1 aliphatic heterocycles. The van der Waals surface area contributed by atoms with Gasteiger partial charge < -0.3 is 0 Å². The Morgan fingerprint density at radius 1 is 1.06 bits per heavy atom. The molecule has 0 aromatic heterocycles. The quantitative estimate of drug-likeness (QED) is 0.767. The summed E-state index contributed by atoms with van der Waals surface area (Å²) < 4.78 is 39.0. The van der Waals surface area contributed by atoms with Crippen LogP contribution in [0.4, 0.5) is 13.2 Å². The van der Waals surface area contributed by atoms with E-state index < -0.39 is 18.1 Å². The number of hydrogen-bond donors (Lipinski definition) is 0. The molecule has 0 saturated heterocycles. The van der Waals surface area contributed by atoms with Crippen molar-refractivity contribution >= 4 is 0 Å². The number of benzene rings is 1. The Labute approximate surface area is 99.2 Å². The lowest BCUT2D eigenvalue weighted by Crippen LogP contribution is -2.46. The summed E-state index contributed by atoms with van der Waals surface area (Å²) in [5, 5.41) is 0. The minimum Gasteiger partial charge on any atom is -0.283 e. The number of alkyl halides is 3. The molecule has 2 rings (SSSR count). The molecule has 0 N–H and O–H groups in total. The van der Waals surface area contributed by atoms with E-state index >= 15 is 0 Å². The van der Waals surface area contributed by atoms with Crippen molar-refractivity contribution in [2.45, 2.75) is 39.2 Å². The van der Waals surface area contributed by atoms with Gasteiger partial charge in [-0.25, -0.2) is 0 Å². The van der Waals surface area contributed by atoms with E-state index in [1.54, 1.807) is 13.8 Å². The van der Waals surface area contributed by atoms with Crippen molar-refractivity contribution in [2.75, 3.05) is 0 Å². The molecule has 1 aromatic carbocycles. The first-order valence-electron chi connectivity index (χ1n) is 5.77. The first kappa shape index (κ1) is 12.4. The first-order valence-corrected chi connectivity index (χ1v) is 5.77. The van der Waals surface area contributed by atoms with E-state index in [1.807, 2.05) is 24.3 Å². The summed E-state index contributed by atoms with van der Waals surface area (Å²) in [7, 11) is 0. The van der Waals surface area contributed by atoms with Gasteiger partial charge in [0.2, 0.25) is 0 Å². The summed E-state index contributed by atoms with van der Waals surface area (Å²) in [6, 6.07) is 6.21. The normalized spacial score (nSPS) is 18.5. The maximum atomic E-state index is 13.0. The predicted octanol–water partition coefficient (Wildman–Crippen LogP) is 3.59. The van der Waals surface area contributed by atoms with E-state index in [1.165, 1.54) is 4.90 Å². The first-order chi connectivity index (χ1) is 7.89. The molecule has 1 nitrogen and oxygen atoms in total. The van der Waals surface area contributed by atoms with Crippen molar-refractivity contribution < 1.29 is 13.2 Å². The highest BCUT2D eigenvalue weighted by atomic mass is 19.4. The fourth-order valence-corrected chi connectivity index (χ4v) is 2.56. The standard InChI is InChI=1S/C13H16F3N/c1-9(2)12(13(14,15)16)17-7-10-5-3-4-6-11(10)8-17/h3-6,9,12H,7-8H2,1-2H3. The molecule has 94 valence electrons. The minimum absolute atomic E-state index is 0.401. The lowest BCUT2D eigenvalue weighted by molar-refractivity contribution is -0.196. The zero-order chi connectivity index (χ0) is 12.6. The van der Waals surface area contributed by atoms with Crippen LogP contribution in [-0.2, 0) is 13.1 Å². The molecule has 1 atom stereocenters. The number of halogens is 3. The van der Waals surface area contributed by atoms with Crippen LogP contribution >= 0.6 is 0 Å². The van der Waals surface area contributed by atoms with E-state index in [-0.39, 0.29) is 0 Å². The fourth-order valence-electron chi connectivity index (χ4n) is 2.56. The van der Waals surface area contributed by atoms with Crippen LogP contribution in [0.5, 0.6) is 0 Å². The van der Waals surface area contributed by atoms with Gasteiger partial charge in [-0.3, -0.25) is 4.90 Å². The fraction of sp³-hybridized carbons (Fsp3) is 0.538. The van der Waals surface area contributed by atoms with Gasteiger partial charge in [0.25, 0.3) is 0 Å². The van der Waals surface area contributed by atoms with Crippen molar-refractivity contribution in [3.8, 4) is 0 Å². The third-order valence-electron chi connectivity index (χ3n) is 3.23. The maximum Gasteiger partial charge on any atom is 0.404 e. The topological polar surface area (TPSA) is 3.24 Å². The van der Waals surface area contributed by atoms with Crippen molar-refractivity contribution in [1.29, 1.82) is 0 Å². The SMILES string of the molecule is CC(C)C(N1Cc2ccccc2C1)C(F)(F)F. The summed E-state index contributed by atoms with van der Waals surface area (Å²) >= 11 is 0. The maximum absolute atomic E-state index is 13.0. The van der Waals surface area contributed by atoms with Crippen LogP contribution in [0.3, 0.4) is 0 Å². The molecule has 0 radical (unpaired) electrons. The van der Waals surface area contributed by atoms with Crippen molar-refractivity contribution in [3.63, 3.8) is 0 Å². The molecule has 1 unspecified atom stereocenters. The highest BCUT2D eigenvalue weighted by molar-refractivity contribution is 5.30. The number of hydrogen-bond acceptors (Lipinski definition) is 1. The van der Waals surface area contributed by atoms with Gasteiger partial charge in [-0.15, -0.1) is 0 Å². The molecule has 1 heterocycles. The van der Waals surface area contributed by atoms with Crippen molar-refractivity contribution in [1.82, 2.24) is 4.90 Å². The van der Waals surface area contributed by atoms with Gasteiger partial charge in [-0.05, 0) is 17.0 Å². The molecular weight excluding hydrogens is 227 g/mol. The second-order valence-electron chi connectivity index (χ2n) is 4.90. The van der Waals surface area contributed by atoms with Crippen LogP contribution in [0, 0.1) is 5.92 Å². The van der Waals surface area contributed by atoms with E-state index in [0.717, 1.165) is 11.1 Å². The van der Waals surface area contributed by atoms with E-state index in [2.05, 4.69) is 0 Å². The van der Waals surface area contributed by atoms with E-state index in [0.29, 0.717) is 13.1 Å². The van der Waals surface area contributed by atoms with Crippen LogP contribution in [0.1, 0.15) is 25.0 Å². The summed E-state index contributed by atoms with van der Waals surface area (Å²) in [6.07, 6.45) is -4.16. The molecule has 0 spiro atoms. The Kier molecular flexibility index (Phi) is 3.17. The van der Waals surface area contributed by atoms with Gasteiger partial charge >= 0.3 is 6.18 Å². The molecule has 0 bridgehead atoms. The molecular formula is C13H16F3N. The second kappa shape index (κ2) is 4.33. The smallest absolute Gasteiger partial charge is 0.283 e. The minimum atomic E-state index is -4.16. The zero-order valence-electron chi connectivity index (χ0n) is 9.96. The Morgan fingerprint density at radius 3 is 1.88 bits per heavy atom. The average Bonchev–Trinajstić information content (AvgIpc) is 2.56. The van der Waals surface area contributed by atoms with Crippen LogP contribution < -0.4 is 0 Å². The molecule has 0 fully saturated rings. The molecule has 1 aliphatic rings. The van der Waals surface area contributed by atoms with Gasteiger partial charge in [-0.2, -0.15) is 13.2 Å². The van der Waals surface area contributed by atoms with E-state index in [4.69, 9.17) is 0 Å². The van der Waals surface area contributed by atoms with Crippen LogP contribution in [0.2, 0.25) is 0 Å². The Hall–Kier alpha value is -1.03. The van der Waals surface area contributed by atoms with Gasteiger partial charge in [-0.1, -0.05) is 38.1 Å². The van der Waals surface area contributed by atoms with Gasteiger partial charge in [0.1, 0.15) is 6.04 Å². The van der Waals surface area contributed by atoms with Crippen LogP contribution in [0.15, 0.2) is 24.3 Å². The molecule has 4 heteroatoms. The third kappa shape index (κ3) is 2.46. The Bertz CT molecular complexity index is 373. The zero-order valence-corrected chi connectivity index (χ0v) is 9.96. The van der Waals surface area contributed by atoms with Crippen molar-refractivity contribution in [2.24, 2.45) is 5.92 Å². The van der Waals surface area contributed by atoms with Gasteiger partial charge in [0, 0.05) is 13.1 Å². The molecule has 0 saturated carbocycles. The van der Waals surface area contributed by atoms with Gasteiger partial charge in [0.05, 0.1) is 0 Å². The molecule has 17 heavy (non-hydrogen) atoms. The van der Waals surface area contributed by atoms with Gasteiger partial charge in [0.15, 0.2) is 0 Å². The second-order valence-corrected chi connectivity index (χ2v) is 4.90. The van der Waals surface area contributed by atoms with Crippen LogP contribution in [-0.4, -0.2) is 17.1 Å². The molecule has 1 aromatic rings. The summed E-state index contributed by atoms with van der Waals surface area (Å²) in [5.41, 5.74) is 2.03. The predicted molar refractivity (Wildman–Crippen MR) is 60.4 cm³/mol. The average molecular weight is 243 g/mol. The van der Waals surface area contributed by atoms with Crippen molar-refractivity contribution in [3.05, 3.63) is 35.4 Å². The molecule has 0 aliphatic carbocycles. The van der Waals surface area contributed by atoms with Crippen LogP contribution in [0.25, 0.3) is 0 Å². The largest absolute Gasteiger partial charge is 0.404 e. The summed E-state index contributed by atoms with van der Waals surface area (Å²) in [6.45, 7) is 4.05. The lowest BCUT2D eigenvalue weighted by Gasteiger charge is -2.32. The highest BCUT2D eigenvalue weighted by Gasteiger charge is 2.46. The molecule has 0 amide bonds. The lowest BCUT2D eigenvalue weighted by atomic mass is 10.0. The Morgan fingerprint density at radius 2 is 1.53 bits per heavy atom. The number of rotatable bonds is 2. The summed E-state index contributed by atoms with van der Waals surface area (Å²) in [4.78, 5) is 1.52. The third-order valence-corrected chi connectivity index (χ3v) is 3.23. The number of fused-ring (bicyclic) bond motifs is 1. The monoisotopic (exact) mass is 243 g/mol. The Balaban J connectivity index is 2.21.